The summed E-state index contributed by atoms with van der Waals surface area (Å²) in [6, 6.07) is 4.38. The van der Waals surface area contributed by atoms with Crippen molar-refractivity contribution in [3.8, 4) is 16.3 Å². The van der Waals surface area contributed by atoms with Crippen molar-refractivity contribution < 1.29 is 32.7 Å². The number of carbonyl (C=O) groups is 2. The number of hydrogen-bond acceptors (Lipinski definition) is 7. The summed E-state index contributed by atoms with van der Waals surface area (Å²) in [5, 5.41) is 10.6. The molecule has 3 rings (SSSR count). The van der Waals surface area contributed by atoms with E-state index in [0.717, 1.165) is 30.4 Å². The van der Waals surface area contributed by atoms with E-state index in [1.807, 2.05) is 5.48 Å². The van der Waals surface area contributed by atoms with Gasteiger partial charge in [0.05, 0.1) is 11.8 Å². The summed E-state index contributed by atoms with van der Waals surface area (Å²) in [5.41, 5.74) is 1.33. The summed E-state index contributed by atoms with van der Waals surface area (Å²) in [7, 11) is 0. The summed E-state index contributed by atoms with van der Waals surface area (Å²) >= 11 is 0.976. The van der Waals surface area contributed by atoms with Crippen molar-refractivity contribution >= 4 is 33.4 Å². The monoisotopic (exact) mass is 397 g/mol. The fraction of sp³-hybridized carbons (Fsp3) is 0.125. The average Bonchev–Trinajstić information content (AvgIpc) is 3.04. The molecule has 2 aromatic heterocycles. The highest BCUT2D eigenvalue weighted by molar-refractivity contribution is 7.22. The summed E-state index contributed by atoms with van der Waals surface area (Å²) in [4.78, 5) is 34.9. The Morgan fingerprint density at radius 2 is 1.89 bits per heavy atom. The maximum Gasteiger partial charge on any atom is 0.416 e. The van der Waals surface area contributed by atoms with Crippen molar-refractivity contribution in [1.29, 1.82) is 0 Å². The van der Waals surface area contributed by atoms with Gasteiger partial charge in [-0.1, -0.05) is 12.1 Å². The second-order valence-corrected chi connectivity index (χ2v) is 6.29. The topological polar surface area (TPSA) is 101 Å². The Labute approximate surface area is 153 Å². The minimum absolute atomic E-state index is 0.216. The first-order valence-electron chi connectivity index (χ1n) is 7.30. The lowest BCUT2D eigenvalue weighted by Crippen LogP contribution is -2.26. The number of hydrogen-bond donors (Lipinski definition) is 2. The van der Waals surface area contributed by atoms with Crippen LogP contribution in [0.15, 0.2) is 30.5 Å². The molecule has 1 amide bonds. The van der Waals surface area contributed by atoms with Gasteiger partial charge in [-0.3, -0.25) is 9.59 Å². The molecule has 0 aliphatic rings. The van der Waals surface area contributed by atoms with E-state index < -0.39 is 29.4 Å². The van der Waals surface area contributed by atoms with Crippen LogP contribution in [0.25, 0.3) is 20.8 Å². The van der Waals surface area contributed by atoms with E-state index in [1.165, 1.54) is 18.3 Å². The highest BCUT2D eigenvalue weighted by atomic mass is 32.1. The zero-order valence-electron chi connectivity index (χ0n) is 13.5. The Kier molecular flexibility index (Phi) is 4.70. The van der Waals surface area contributed by atoms with Crippen molar-refractivity contribution in [3.05, 3.63) is 41.7 Å². The summed E-state index contributed by atoms with van der Waals surface area (Å²) in [6.45, 7) is 1.08. The lowest BCUT2D eigenvalue weighted by Gasteiger charge is -2.06. The molecule has 0 spiro atoms. The lowest BCUT2D eigenvalue weighted by molar-refractivity contribution is -0.146. The largest absolute Gasteiger partial charge is 0.504 e. The van der Waals surface area contributed by atoms with Crippen LogP contribution in [0.2, 0.25) is 0 Å². The minimum Gasteiger partial charge on any atom is -0.504 e. The molecule has 0 aliphatic heterocycles. The molecule has 0 atom stereocenters. The summed E-state index contributed by atoms with van der Waals surface area (Å²) in [6.07, 6.45) is -3.22. The van der Waals surface area contributed by atoms with Crippen LogP contribution in [-0.4, -0.2) is 27.0 Å². The molecule has 0 bridgehead atoms. The number of rotatable bonds is 2. The molecule has 0 radical (unpaired) electrons. The van der Waals surface area contributed by atoms with Crippen molar-refractivity contribution in [2.45, 2.75) is 13.1 Å². The highest BCUT2D eigenvalue weighted by Crippen LogP contribution is 2.37. The number of amides is 1. The molecule has 0 saturated heterocycles. The third kappa shape index (κ3) is 3.82. The van der Waals surface area contributed by atoms with Gasteiger partial charge < -0.3 is 9.94 Å². The molecule has 0 aliphatic carbocycles. The molecule has 7 nitrogen and oxygen atoms in total. The van der Waals surface area contributed by atoms with Gasteiger partial charge in [0.25, 0.3) is 0 Å². The van der Waals surface area contributed by atoms with Gasteiger partial charge in [0.1, 0.15) is 15.2 Å². The van der Waals surface area contributed by atoms with Gasteiger partial charge >= 0.3 is 18.1 Å². The second-order valence-electron chi connectivity index (χ2n) is 5.29. The normalized spacial score (nSPS) is 11.4. The Hall–Kier alpha value is -3.21. The fourth-order valence-corrected chi connectivity index (χ4v) is 3.13. The van der Waals surface area contributed by atoms with Crippen LogP contribution in [0.3, 0.4) is 0 Å². The highest BCUT2D eigenvalue weighted by Gasteiger charge is 2.30. The number of pyridine rings is 1. The van der Waals surface area contributed by atoms with Gasteiger partial charge in [0, 0.05) is 12.5 Å². The molecule has 11 heteroatoms. The number of hydroxylamine groups is 1. The molecule has 2 heterocycles. The van der Waals surface area contributed by atoms with Crippen LogP contribution >= 0.6 is 11.3 Å². The number of aromatic nitrogens is 2. The van der Waals surface area contributed by atoms with Crippen molar-refractivity contribution in [2.24, 2.45) is 0 Å². The van der Waals surface area contributed by atoms with Gasteiger partial charge in [0.15, 0.2) is 11.4 Å². The Morgan fingerprint density at radius 3 is 2.48 bits per heavy atom. The van der Waals surface area contributed by atoms with Gasteiger partial charge in [-0.2, -0.15) is 18.7 Å². The van der Waals surface area contributed by atoms with Crippen LogP contribution < -0.4 is 5.48 Å². The number of aromatic hydroxyl groups is 1. The van der Waals surface area contributed by atoms with Gasteiger partial charge in [-0.15, -0.1) is 11.3 Å². The zero-order valence-corrected chi connectivity index (χ0v) is 14.3. The van der Waals surface area contributed by atoms with Crippen LogP contribution in [0, 0.1) is 0 Å². The first kappa shape index (κ1) is 18.6. The number of benzene rings is 1. The van der Waals surface area contributed by atoms with Crippen molar-refractivity contribution in [3.63, 3.8) is 0 Å². The molecule has 2 N–H and O–H groups in total. The van der Waals surface area contributed by atoms with E-state index in [2.05, 4.69) is 14.8 Å². The molecule has 0 fully saturated rings. The quantitative estimate of drug-likeness (QED) is 0.644. The number of alkyl halides is 3. The van der Waals surface area contributed by atoms with Crippen LogP contribution in [0.4, 0.5) is 13.2 Å². The maximum absolute atomic E-state index is 12.7. The molecular formula is C16H10F3N3O4S. The average molecular weight is 397 g/mol. The number of halogens is 3. The van der Waals surface area contributed by atoms with Gasteiger partial charge in [0.2, 0.25) is 0 Å². The molecular weight excluding hydrogens is 387 g/mol. The minimum atomic E-state index is -4.45. The third-order valence-corrected chi connectivity index (χ3v) is 4.50. The van der Waals surface area contributed by atoms with Crippen molar-refractivity contribution in [2.75, 3.05) is 0 Å². The number of nitrogens with zero attached hydrogens (tertiary/aromatic N) is 2. The molecule has 27 heavy (non-hydrogen) atoms. The molecule has 0 saturated carbocycles. The first-order valence-corrected chi connectivity index (χ1v) is 8.12. The maximum atomic E-state index is 12.7. The molecule has 1 aromatic carbocycles. The van der Waals surface area contributed by atoms with Crippen LogP contribution in [0.1, 0.15) is 23.0 Å². The number of nitrogens with one attached hydrogen (secondary N) is 1. The van der Waals surface area contributed by atoms with Gasteiger partial charge in [-0.05, 0) is 12.1 Å². The summed E-state index contributed by atoms with van der Waals surface area (Å²) < 4.78 is 38.2. The van der Waals surface area contributed by atoms with Crippen molar-refractivity contribution in [1.82, 2.24) is 15.4 Å². The van der Waals surface area contributed by atoms with Crippen LogP contribution in [0.5, 0.6) is 5.75 Å². The zero-order chi connectivity index (χ0) is 19.8. The molecule has 3 aromatic rings. The predicted octanol–water partition coefficient (Wildman–Crippen LogP) is 3.29. The Morgan fingerprint density at radius 1 is 1.22 bits per heavy atom. The van der Waals surface area contributed by atoms with E-state index in [0.29, 0.717) is 10.6 Å². The second kappa shape index (κ2) is 6.83. The van der Waals surface area contributed by atoms with E-state index in [9.17, 15) is 27.9 Å². The molecule has 0 unspecified atom stereocenters. The SMILES string of the molecule is CC(=O)ONC(=O)c1ncc2nc(-c3ccc(C(F)(F)F)cc3)sc2c1O. The first-order chi connectivity index (χ1) is 12.7. The Bertz CT molecular complexity index is 1030. The number of fused-ring (bicyclic) bond motifs is 1. The van der Waals surface area contributed by atoms with Gasteiger partial charge in [-0.25, -0.2) is 9.97 Å². The third-order valence-electron chi connectivity index (χ3n) is 3.37. The van der Waals surface area contributed by atoms with E-state index in [1.54, 1.807) is 0 Å². The standard InChI is InChI=1S/C16H10F3N3O4S/c1-7(23)26-22-14(25)11-12(24)13-10(6-20-11)21-15(27-13)8-2-4-9(5-3-8)16(17,18)19/h2-6,24H,1H3,(H,22,25). The van der Waals surface area contributed by atoms with E-state index >= 15 is 0 Å². The number of thiazole rings is 1. The summed E-state index contributed by atoms with van der Waals surface area (Å²) in [5.74, 6) is -2.17. The fourth-order valence-electron chi connectivity index (χ4n) is 2.14. The van der Waals surface area contributed by atoms with E-state index in [-0.39, 0.29) is 15.9 Å². The predicted molar refractivity (Wildman–Crippen MR) is 88.8 cm³/mol. The number of carbonyl (C=O) groups excluding carboxylic acids is 2. The van der Waals surface area contributed by atoms with E-state index in [4.69, 9.17) is 0 Å². The lowest BCUT2D eigenvalue weighted by atomic mass is 10.1. The smallest absolute Gasteiger partial charge is 0.416 e. The van der Waals surface area contributed by atoms with Crippen LogP contribution in [-0.2, 0) is 15.8 Å². The Balaban J connectivity index is 1.95. The molecule has 140 valence electrons.